The van der Waals surface area contributed by atoms with Crippen molar-refractivity contribution >= 4 is 29.0 Å². The molecule has 16 heavy (non-hydrogen) atoms. The highest BCUT2D eigenvalue weighted by Gasteiger charge is 2.44. The van der Waals surface area contributed by atoms with Crippen LogP contribution in [0.15, 0.2) is 0 Å². The van der Waals surface area contributed by atoms with Crippen LogP contribution in [0, 0.1) is 11.8 Å². The van der Waals surface area contributed by atoms with Crippen molar-refractivity contribution in [3.63, 3.8) is 0 Å². The van der Waals surface area contributed by atoms with Gasteiger partial charge in [-0.25, -0.2) is 0 Å². The number of thiocarbonyl (C=S) groups is 1. The van der Waals surface area contributed by atoms with Gasteiger partial charge in [0.2, 0.25) is 11.8 Å². The predicted molar refractivity (Wildman–Crippen MR) is 65.7 cm³/mol. The van der Waals surface area contributed by atoms with Crippen molar-refractivity contribution in [3.05, 3.63) is 0 Å². The first-order valence-corrected chi connectivity index (χ1v) is 5.96. The highest BCUT2D eigenvalue weighted by molar-refractivity contribution is 7.80. The number of nitrogens with zero attached hydrogens (tertiary/aromatic N) is 1. The minimum absolute atomic E-state index is 0.0967. The van der Waals surface area contributed by atoms with E-state index in [9.17, 15) is 9.59 Å². The molecule has 0 aromatic heterocycles. The molecule has 3 atom stereocenters. The maximum atomic E-state index is 11.9. The van der Waals surface area contributed by atoms with Gasteiger partial charge in [-0.3, -0.25) is 14.5 Å². The summed E-state index contributed by atoms with van der Waals surface area (Å²) in [5, 5.41) is 0. The number of carbonyl (C=O) groups excluding carboxylic acids is 2. The van der Waals surface area contributed by atoms with E-state index in [-0.39, 0.29) is 29.7 Å². The number of rotatable bonds is 4. The van der Waals surface area contributed by atoms with Crippen LogP contribution in [0.3, 0.4) is 0 Å². The van der Waals surface area contributed by atoms with Crippen LogP contribution in [0.25, 0.3) is 0 Å². The van der Waals surface area contributed by atoms with Crippen LogP contribution in [0.1, 0.15) is 33.6 Å². The van der Waals surface area contributed by atoms with Crippen molar-refractivity contribution in [1.82, 2.24) is 4.90 Å². The number of imide groups is 1. The van der Waals surface area contributed by atoms with Gasteiger partial charge in [-0.1, -0.05) is 33.0 Å². The summed E-state index contributed by atoms with van der Waals surface area (Å²) < 4.78 is 0. The van der Waals surface area contributed by atoms with Gasteiger partial charge in [-0.05, 0) is 6.42 Å². The lowest BCUT2D eigenvalue weighted by molar-refractivity contribution is -0.142. The molecule has 1 aliphatic heterocycles. The van der Waals surface area contributed by atoms with Gasteiger partial charge in [-0.2, -0.15) is 0 Å². The van der Waals surface area contributed by atoms with Crippen LogP contribution in [0.4, 0.5) is 0 Å². The summed E-state index contributed by atoms with van der Waals surface area (Å²) in [5.41, 5.74) is 5.48. The fraction of sp³-hybridized carbons (Fsp3) is 0.727. The molecular weight excluding hydrogens is 224 g/mol. The third-order valence-electron chi connectivity index (χ3n) is 3.28. The molecule has 2 amide bonds. The zero-order valence-electron chi connectivity index (χ0n) is 9.90. The number of hydrogen-bond donors (Lipinski definition) is 1. The first-order valence-electron chi connectivity index (χ1n) is 5.55. The quantitative estimate of drug-likeness (QED) is 0.592. The molecule has 0 aliphatic carbocycles. The van der Waals surface area contributed by atoms with Crippen LogP contribution in [-0.2, 0) is 9.59 Å². The SMILES string of the molecule is CCC(CC(N)=S)N1C(=O)C(C)C(C)C1=O. The summed E-state index contributed by atoms with van der Waals surface area (Å²) in [4.78, 5) is 25.6. The molecule has 1 aliphatic rings. The Kier molecular flexibility index (Phi) is 4.02. The lowest BCUT2D eigenvalue weighted by atomic mass is 10.00. The molecule has 90 valence electrons. The Morgan fingerprint density at radius 1 is 1.38 bits per heavy atom. The molecular formula is C11H18N2O2S. The second kappa shape index (κ2) is 4.91. The van der Waals surface area contributed by atoms with Crippen molar-refractivity contribution in [1.29, 1.82) is 0 Å². The van der Waals surface area contributed by atoms with E-state index in [1.807, 2.05) is 6.92 Å². The average Bonchev–Trinajstić information content (AvgIpc) is 2.41. The molecule has 2 N–H and O–H groups in total. The number of likely N-dealkylation sites (tertiary alicyclic amines) is 1. The second-order valence-electron chi connectivity index (χ2n) is 4.36. The number of amides is 2. The number of hydrogen-bond acceptors (Lipinski definition) is 3. The fourth-order valence-corrected chi connectivity index (χ4v) is 2.18. The maximum Gasteiger partial charge on any atom is 0.233 e. The van der Waals surface area contributed by atoms with E-state index in [0.29, 0.717) is 17.8 Å². The molecule has 3 unspecified atom stereocenters. The maximum absolute atomic E-state index is 11.9. The molecule has 0 radical (unpaired) electrons. The monoisotopic (exact) mass is 242 g/mol. The molecule has 1 rings (SSSR count). The standard InChI is InChI=1S/C11H18N2O2S/c1-4-8(5-9(12)16)13-10(14)6(2)7(3)11(13)15/h6-8H,4-5H2,1-3H3,(H2,12,16). The molecule has 0 bridgehead atoms. The minimum Gasteiger partial charge on any atom is -0.393 e. The molecule has 1 heterocycles. The molecule has 1 saturated heterocycles. The predicted octanol–water partition coefficient (Wildman–Crippen LogP) is 1.08. The van der Waals surface area contributed by atoms with Gasteiger partial charge in [0.05, 0.1) is 4.99 Å². The van der Waals surface area contributed by atoms with E-state index < -0.39 is 0 Å². The Morgan fingerprint density at radius 3 is 2.12 bits per heavy atom. The van der Waals surface area contributed by atoms with Gasteiger partial charge in [-0.15, -0.1) is 0 Å². The van der Waals surface area contributed by atoms with Crippen molar-refractivity contribution < 1.29 is 9.59 Å². The third-order valence-corrected chi connectivity index (χ3v) is 3.44. The van der Waals surface area contributed by atoms with Crippen LogP contribution in [0.5, 0.6) is 0 Å². The van der Waals surface area contributed by atoms with Gasteiger partial charge in [0, 0.05) is 24.3 Å². The van der Waals surface area contributed by atoms with Gasteiger partial charge in [0.15, 0.2) is 0 Å². The highest BCUT2D eigenvalue weighted by Crippen LogP contribution is 2.28. The smallest absolute Gasteiger partial charge is 0.233 e. The number of carbonyl (C=O) groups is 2. The van der Waals surface area contributed by atoms with E-state index in [4.69, 9.17) is 18.0 Å². The summed E-state index contributed by atoms with van der Waals surface area (Å²) >= 11 is 4.84. The average molecular weight is 242 g/mol. The molecule has 0 aromatic carbocycles. The fourth-order valence-electron chi connectivity index (χ4n) is 1.99. The van der Waals surface area contributed by atoms with Gasteiger partial charge in [0.25, 0.3) is 0 Å². The Labute approximate surface area is 101 Å². The molecule has 0 aromatic rings. The largest absolute Gasteiger partial charge is 0.393 e. The lowest BCUT2D eigenvalue weighted by Gasteiger charge is -2.25. The molecule has 0 spiro atoms. The summed E-state index contributed by atoms with van der Waals surface area (Å²) in [6.07, 6.45) is 1.11. The van der Waals surface area contributed by atoms with E-state index in [2.05, 4.69) is 0 Å². The molecule has 0 saturated carbocycles. The Hall–Kier alpha value is -0.970. The van der Waals surface area contributed by atoms with E-state index in [1.165, 1.54) is 4.90 Å². The zero-order chi connectivity index (χ0) is 12.5. The van der Waals surface area contributed by atoms with Crippen LogP contribution < -0.4 is 5.73 Å². The van der Waals surface area contributed by atoms with Gasteiger partial charge in [0.1, 0.15) is 0 Å². The summed E-state index contributed by atoms with van der Waals surface area (Å²) in [6.45, 7) is 5.51. The third kappa shape index (κ3) is 2.24. The first kappa shape index (κ1) is 13.1. The minimum atomic E-state index is -0.229. The summed E-state index contributed by atoms with van der Waals surface area (Å²) in [5.74, 6) is -0.651. The van der Waals surface area contributed by atoms with Crippen LogP contribution in [0.2, 0.25) is 0 Å². The first-order chi connectivity index (χ1) is 7.40. The molecule has 4 nitrogen and oxygen atoms in total. The van der Waals surface area contributed by atoms with Crippen LogP contribution >= 0.6 is 12.2 Å². The van der Waals surface area contributed by atoms with Gasteiger partial charge >= 0.3 is 0 Å². The van der Waals surface area contributed by atoms with Gasteiger partial charge < -0.3 is 5.73 Å². The lowest BCUT2D eigenvalue weighted by Crippen LogP contribution is -2.42. The Balaban J connectivity index is 2.89. The normalized spacial score (nSPS) is 27.3. The van der Waals surface area contributed by atoms with Crippen LogP contribution in [-0.4, -0.2) is 27.7 Å². The Bertz CT molecular complexity index is 310. The van der Waals surface area contributed by atoms with Crippen molar-refractivity contribution in [3.8, 4) is 0 Å². The summed E-state index contributed by atoms with van der Waals surface area (Å²) in [7, 11) is 0. The van der Waals surface area contributed by atoms with Crippen molar-refractivity contribution in [2.75, 3.05) is 0 Å². The second-order valence-corrected chi connectivity index (χ2v) is 4.88. The molecule has 1 fully saturated rings. The van der Waals surface area contributed by atoms with Crippen molar-refractivity contribution in [2.45, 2.75) is 39.7 Å². The topological polar surface area (TPSA) is 63.4 Å². The number of nitrogens with two attached hydrogens (primary N) is 1. The highest BCUT2D eigenvalue weighted by atomic mass is 32.1. The summed E-state index contributed by atoms with van der Waals surface area (Å²) in [6, 6.07) is -0.176. The van der Waals surface area contributed by atoms with E-state index in [1.54, 1.807) is 13.8 Å². The molecule has 5 heteroatoms. The van der Waals surface area contributed by atoms with E-state index in [0.717, 1.165) is 0 Å². The Morgan fingerprint density at radius 2 is 1.81 bits per heavy atom. The zero-order valence-corrected chi connectivity index (χ0v) is 10.7. The van der Waals surface area contributed by atoms with E-state index >= 15 is 0 Å². The van der Waals surface area contributed by atoms with Crippen molar-refractivity contribution in [2.24, 2.45) is 17.6 Å².